The molecule has 2 rings (SSSR count). The first-order chi connectivity index (χ1) is 9.20. The highest BCUT2D eigenvalue weighted by Crippen LogP contribution is 2.18. The number of nitrogens with two attached hydrogens (primary N) is 1. The fourth-order valence-electron chi connectivity index (χ4n) is 1.88. The van der Waals surface area contributed by atoms with Crippen LogP contribution in [-0.4, -0.2) is 35.6 Å². The summed E-state index contributed by atoms with van der Waals surface area (Å²) < 4.78 is 0. The number of hydrogen-bond donors (Lipinski definition) is 2. The minimum atomic E-state index is 0.740. The largest absolute Gasteiger partial charge is 0.363 e. The summed E-state index contributed by atoms with van der Waals surface area (Å²) in [5.41, 5.74) is 7.56. The maximum Gasteiger partial charge on any atom is 0.127 e. The van der Waals surface area contributed by atoms with Gasteiger partial charge in [0, 0.05) is 32.3 Å². The number of aromatic nitrogens is 3. The number of rotatable bonds is 6. The molecular formula is C14H21N5. The fourth-order valence-corrected chi connectivity index (χ4v) is 1.88. The maximum absolute atomic E-state index is 5.48. The summed E-state index contributed by atoms with van der Waals surface area (Å²) in [7, 11) is 3.96. The monoisotopic (exact) mass is 259 g/mol. The smallest absolute Gasteiger partial charge is 0.127 e. The van der Waals surface area contributed by atoms with Crippen molar-refractivity contribution in [2.24, 2.45) is 5.73 Å². The number of aromatic amines is 1. The first kappa shape index (κ1) is 13.5. The number of anilines is 1. The van der Waals surface area contributed by atoms with E-state index in [1.165, 1.54) is 0 Å². The topological polar surface area (TPSA) is 70.8 Å². The van der Waals surface area contributed by atoms with Crippen molar-refractivity contribution in [3.05, 3.63) is 30.4 Å². The molecule has 0 fully saturated rings. The number of imidazole rings is 1. The van der Waals surface area contributed by atoms with Gasteiger partial charge in [0.2, 0.25) is 0 Å². The summed E-state index contributed by atoms with van der Waals surface area (Å²) in [6, 6.07) is 4.06. The third-order valence-electron chi connectivity index (χ3n) is 3.01. The van der Waals surface area contributed by atoms with Crippen LogP contribution in [0.4, 0.5) is 5.82 Å². The Labute approximate surface area is 113 Å². The van der Waals surface area contributed by atoms with Gasteiger partial charge in [-0.05, 0) is 31.5 Å². The molecule has 3 N–H and O–H groups in total. The molecule has 2 aromatic heterocycles. The lowest BCUT2D eigenvalue weighted by atomic mass is 10.2. The predicted octanol–water partition coefficient (Wildman–Crippen LogP) is 1.82. The molecule has 2 heterocycles. The van der Waals surface area contributed by atoms with Gasteiger partial charge in [-0.2, -0.15) is 0 Å². The molecule has 0 spiro atoms. The van der Waals surface area contributed by atoms with E-state index >= 15 is 0 Å². The third kappa shape index (κ3) is 3.54. The molecule has 0 aliphatic heterocycles. The molecule has 0 saturated heterocycles. The van der Waals surface area contributed by atoms with Crippen LogP contribution in [0.1, 0.15) is 18.7 Å². The number of nitrogens with one attached hydrogen (secondary N) is 1. The molecule has 19 heavy (non-hydrogen) atoms. The van der Waals surface area contributed by atoms with E-state index in [2.05, 4.69) is 21.0 Å². The highest BCUT2D eigenvalue weighted by Gasteiger charge is 2.04. The minimum Gasteiger partial charge on any atom is -0.363 e. The lowest BCUT2D eigenvalue weighted by Crippen LogP contribution is -2.09. The van der Waals surface area contributed by atoms with Crippen LogP contribution < -0.4 is 10.6 Å². The van der Waals surface area contributed by atoms with Crippen molar-refractivity contribution in [3.8, 4) is 11.3 Å². The van der Waals surface area contributed by atoms with E-state index in [1.807, 2.05) is 37.5 Å². The second-order valence-corrected chi connectivity index (χ2v) is 4.79. The second-order valence-electron chi connectivity index (χ2n) is 4.79. The molecule has 0 aliphatic rings. The Bertz CT molecular complexity index is 501. The van der Waals surface area contributed by atoms with Gasteiger partial charge in [0.25, 0.3) is 0 Å². The van der Waals surface area contributed by atoms with Crippen molar-refractivity contribution in [1.29, 1.82) is 0 Å². The second kappa shape index (κ2) is 6.33. The van der Waals surface area contributed by atoms with Gasteiger partial charge in [0.05, 0.1) is 11.9 Å². The molecule has 0 bridgehead atoms. The molecule has 0 aliphatic carbocycles. The van der Waals surface area contributed by atoms with E-state index in [1.54, 1.807) is 0 Å². The SMILES string of the molecule is CN(C)c1ccc(-c2cnc(CCCCN)[nH]2)cn1. The van der Waals surface area contributed by atoms with Crippen molar-refractivity contribution in [3.63, 3.8) is 0 Å². The van der Waals surface area contributed by atoms with Crippen LogP contribution in [0.15, 0.2) is 24.5 Å². The van der Waals surface area contributed by atoms with E-state index < -0.39 is 0 Å². The van der Waals surface area contributed by atoms with Gasteiger partial charge in [-0.3, -0.25) is 0 Å². The Kier molecular flexibility index (Phi) is 4.52. The van der Waals surface area contributed by atoms with Crippen molar-refractivity contribution in [2.45, 2.75) is 19.3 Å². The van der Waals surface area contributed by atoms with Crippen molar-refractivity contribution in [1.82, 2.24) is 15.0 Å². The lowest BCUT2D eigenvalue weighted by molar-refractivity contribution is 0.723. The zero-order chi connectivity index (χ0) is 13.7. The van der Waals surface area contributed by atoms with Crippen molar-refractivity contribution < 1.29 is 0 Å². The first-order valence-corrected chi connectivity index (χ1v) is 6.58. The summed E-state index contributed by atoms with van der Waals surface area (Å²) in [6.07, 6.45) is 6.79. The third-order valence-corrected chi connectivity index (χ3v) is 3.01. The Balaban J connectivity index is 2.05. The first-order valence-electron chi connectivity index (χ1n) is 6.58. The summed E-state index contributed by atoms with van der Waals surface area (Å²) in [4.78, 5) is 14.1. The molecule has 0 saturated carbocycles. The summed E-state index contributed by atoms with van der Waals surface area (Å²) in [6.45, 7) is 0.740. The molecule has 5 nitrogen and oxygen atoms in total. The number of H-pyrrole nitrogens is 1. The van der Waals surface area contributed by atoms with Crippen LogP contribution >= 0.6 is 0 Å². The van der Waals surface area contributed by atoms with Crippen LogP contribution in [0.25, 0.3) is 11.3 Å². The Morgan fingerprint density at radius 2 is 2.00 bits per heavy atom. The van der Waals surface area contributed by atoms with Crippen LogP contribution in [-0.2, 0) is 6.42 Å². The molecule has 102 valence electrons. The van der Waals surface area contributed by atoms with Crippen molar-refractivity contribution in [2.75, 3.05) is 25.5 Å². The summed E-state index contributed by atoms with van der Waals surface area (Å²) in [5.74, 6) is 1.96. The zero-order valence-corrected chi connectivity index (χ0v) is 11.6. The average molecular weight is 259 g/mol. The molecule has 0 aromatic carbocycles. The Morgan fingerprint density at radius 1 is 1.16 bits per heavy atom. The van der Waals surface area contributed by atoms with Gasteiger partial charge in [0.1, 0.15) is 11.6 Å². The summed E-state index contributed by atoms with van der Waals surface area (Å²) >= 11 is 0. The molecule has 2 aromatic rings. The predicted molar refractivity (Wildman–Crippen MR) is 78.1 cm³/mol. The fraction of sp³-hybridized carbons (Fsp3) is 0.429. The summed E-state index contributed by atoms with van der Waals surface area (Å²) in [5, 5.41) is 0. The van der Waals surface area contributed by atoms with Gasteiger partial charge in [0.15, 0.2) is 0 Å². The highest BCUT2D eigenvalue weighted by atomic mass is 15.1. The molecular weight excluding hydrogens is 238 g/mol. The van der Waals surface area contributed by atoms with Gasteiger partial charge in [-0.25, -0.2) is 9.97 Å². The standard InChI is InChI=1S/C14H21N5/c1-19(2)14-7-6-11(9-17-14)12-10-16-13(18-12)5-3-4-8-15/h6-7,9-10H,3-5,8,15H2,1-2H3,(H,16,18). The van der Waals surface area contributed by atoms with Crippen LogP contribution in [0.2, 0.25) is 0 Å². The highest BCUT2D eigenvalue weighted by molar-refractivity contribution is 5.59. The quantitative estimate of drug-likeness (QED) is 0.776. The van der Waals surface area contributed by atoms with Crippen LogP contribution in [0.3, 0.4) is 0 Å². The average Bonchev–Trinajstić information content (AvgIpc) is 2.88. The van der Waals surface area contributed by atoms with E-state index in [0.29, 0.717) is 0 Å². The molecule has 0 unspecified atom stereocenters. The van der Waals surface area contributed by atoms with Gasteiger partial charge in [-0.1, -0.05) is 0 Å². The van der Waals surface area contributed by atoms with Crippen molar-refractivity contribution >= 4 is 5.82 Å². The Hall–Kier alpha value is -1.88. The molecule has 5 heteroatoms. The normalized spacial score (nSPS) is 10.7. The van der Waals surface area contributed by atoms with Gasteiger partial charge < -0.3 is 15.6 Å². The molecule has 0 amide bonds. The van der Waals surface area contributed by atoms with Gasteiger partial charge in [-0.15, -0.1) is 0 Å². The number of pyridine rings is 1. The van der Waals surface area contributed by atoms with E-state index in [9.17, 15) is 0 Å². The van der Waals surface area contributed by atoms with Crippen LogP contribution in [0.5, 0.6) is 0 Å². The minimum absolute atomic E-state index is 0.740. The van der Waals surface area contributed by atoms with Crippen LogP contribution in [0, 0.1) is 0 Å². The molecule has 0 radical (unpaired) electrons. The Morgan fingerprint density at radius 3 is 2.63 bits per heavy atom. The lowest BCUT2D eigenvalue weighted by Gasteiger charge is -2.10. The maximum atomic E-state index is 5.48. The molecule has 0 atom stereocenters. The number of unbranched alkanes of at least 4 members (excludes halogenated alkanes) is 1. The number of nitrogens with zero attached hydrogens (tertiary/aromatic N) is 3. The van der Waals surface area contributed by atoms with E-state index in [0.717, 1.165) is 48.7 Å². The number of aryl methyl sites for hydroxylation is 1. The van der Waals surface area contributed by atoms with E-state index in [-0.39, 0.29) is 0 Å². The van der Waals surface area contributed by atoms with E-state index in [4.69, 9.17) is 5.73 Å². The zero-order valence-electron chi connectivity index (χ0n) is 11.6. The number of hydrogen-bond acceptors (Lipinski definition) is 4. The van der Waals surface area contributed by atoms with Gasteiger partial charge >= 0.3 is 0 Å².